The lowest BCUT2D eigenvalue weighted by Gasteiger charge is -2.05. The molecule has 0 spiro atoms. The van der Waals surface area contributed by atoms with Gasteiger partial charge in [-0.05, 0) is 48.5 Å². The van der Waals surface area contributed by atoms with E-state index in [4.69, 9.17) is 34.8 Å². The van der Waals surface area contributed by atoms with E-state index in [0.29, 0.717) is 11.5 Å². The van der Waals surface area contributed by atoms with Crippen LogP contribution in [0.4, 0.5) is 0 Å². The molecule has 2 rings (SSSR count). The summed E-state index contributed by atoms with van der Waals surface area (Å²) < 4.78 is 5.47. The second-order valence-electron chi connectivity index (χ2n) is 4.13. The number of carbonyl (C=O) groups is 2. The molecule has 0 saturated heterocycles. The number of hydrogen-bond acceptors (Lipinski definition) is 5. The zero-order chi connectivity index (χ0) is 17.8. The Morgan fingerprint density at radius 3 is 1.13 bits per heavy atom. The number of carboxylic acid groups (broad SMARTS) is 2. The molecule has 0 fully saturated rings. The highest BCUT2D eigenvalue weighted by molar-refractivity contribution is 5.63. The molecule has 0 unspecified atom stereocenters. The molecule has 0 aromatic heterocycles. The number of rotatable bonds is 2. The van der Waals surface area contributed by atoms with Crippen molar-refractivity contribution in [1.82, 2.24) is 0 Å². The molecule has 4 N–H and O–H groups in total. The Bertz CT molecular complexity index is 540. The van der Waals surface area contributed by atoms with E-state index in [2.05, 4.69) is 0 Å². The first-order valence-corrected chi connectivity index (χ1v) is 6.35. The fourth-order valence-corrected chi connectivity index (χ4v) is 1.16. The number of phenolic OH excluding ortho intramolecular Hbond substituents is 2. The first-order valence-electron chi connectivity index (χ1n) is 6.35. The number of hydrogen-bond donors (Lipinski definition) is 4. The minimum Gasteiger partial charge on any atom is -0.508 e. The van der Waals surface area contributed by atoms with E-state index in [0.717, 1.165) is 13.8 Å². The predicted octanol–water partition coefficient (Wildman–Crippen LogP) is 3.07. The van der Waals surface area contributed by atoms with Crippen molar-refractivity contribution in [3.05, 3.63) is 48.5 Å². The van der Waals surface area contributed by atoms with Crippen molar-refractivity contribution in [2.75, 3.05) is 0 Å². The van der Waals surface area contributed by atoms with E-state index < -0.39 is 11.9 Å². The van der Waals surface area contributed by atoms with Gasteiger partial charge in [0.2, 0.25) is 0 Å². The molecule has 0 atom stereocenters. The molecular weight excluding hydrogens is 304 g/mol. The lowest BCUT2D eigenvalue weighted by atomic mass is 10.3. The highest BCUT2D eigenvalue weighted by atomic mass is 16.5. The van der Waals surface area contributed by atoms with Crippen LogP contribution in [0.3, 0.4) is 0 Å². The van der Waals surface area contributed by atoms with Gasteiger partial charge in [0.05, 0.1) is 0 Å². The van der Waals surface area contributed by atoms with Crippen LogP contribution in [-0.4, -0.2) is 32.4 Å². The predicted molar refractivity (Wildman–Crippen MR) is 82.9 cm³/mol. The van der Waals surface area contributed by atoms with Crippen LogP contribution in [0.25, 0.3) is 0 Å². The smallest absolute Gasteiger partial charge is 0.300 e. The molecule has 0 heterocycles. The number of ether oxygens (including phenoxy) is 1. The Hall–Kier alpha value is -3.22. The number of benzene rings is 2. The highest BCUT2D eigenvalue weighted by Crippen LogP contribution is 2.24. The minimum atomic E-state index is -0.833. The third-order valence-electron chi connectivity index (χ3n) is 1.91. The molecule has 2 aromatic rings. The monoisotopic (exact) mass is 322 g/mol. The zero-order valence-corrected chi connectivity index (χ0v) is 12.6. The van der Waals surface area contributed by atoms with Gasteiger partial charge >= 0.3 is 0 Å². The standard InChI is InChI=1S/C12H10O3.2C2H4O2/c13-9-1-5-11(6-2-9)15-12-7-3-10(14)4-8-12;2*1-2(3)4/h1-8,13-14H;2*1H3,(H,3,4). The summed E-state index contributed by atoms with van der Waals surface area (Å²) in [6.45, 7) is 2.17. The third kappa shape index (κ3) is 12.2. The van der Waals surface area contributed by atoms with Crippen LogP contribution >= 0.6 is 0 Å². The summed E-state index contributed by atoms with van der Waals surface area (Å²) in [5.74, 6) is 0.0121. The van der Waals surface area contributed by atoms with Crippen molar-refractivity contribution in [3.63, 3.8) is 0 Å². The fraction of sp³-hybridized carbons (Fsp3) is 0.125. The maximum Gasteiger partial charge on any atom is 0.300 e. The van der Waals surface area contributed by atoms with Crippen molar-refractivity contribution < 1.29 is 34.8 Å². The van der Waals surface area contributed by atoms with E-state index in [1.165, 1.54) is 0 Å². The Balaban J connectivity index is 0.000000509. The first-order chi connectivity index (χ1) is 10.7. The molecule has 0 aliphatic rings. The van der Waals surface area contributed by atoms with E-state index in [1.54, 1.807) is 48.5 Å². The van der Waals surface area contributed by atoms with Gasteiger partial charge in [0.25, 0.3) is 11.9 Å². The van der Waals surface area contributed by atoms with Crippen LogP contribution in [0.15, 0.2) is 48.5 Å². The summed E-state index contributed by atoms with van der Waals surface area (Å²) in [5, 5.41) is 33.0. The summed E-state index contributed by atoms with van der Waals surface area (Å²) in [4.78, 5) is 18.0. The van der Waals surface area contributed by atoms with Gasteiger partial charge in [-0.3, -0.25) is 9.59 Å². The summed E-state index contributed by atoms with van der Waals surface area (Å²) in [7, 11) is 0. The second kappa shape index (κ2) is 10.5. The second-order valence-corrected chi connectivity index (χ2v) is 4.13. The molecule has 0 bridgehead atoms. The lowest BCUT2D eigenvalue weighted by Crippen LogP contribution is -1.82. The highest BCUT2D eigenvalue weighted by Gasteiger charge is 1.97. The Labute approximate surface area is 133 Å². The van der Waals surface area contributed by atoms with Gasteiger partial charge in [0.1, 0.15) is 23.0 Å². The molecule has 0 amide bonds. The average molecular weight is 322 g/mol. The quantitative estimate of drug-likeness (QED) is 0.669. The van der Waals surface area contributed by atoms with Crippen LogP contribution in [-0.2, 0) is 9.59 Å². The van der Waals surface area contributed by atoms with Gasteiger partial charge in [-0.25, -0.2) is 0 Å². The largest absolute Gasteiger partial charge is 0.508 e. The number of aromatic hydroxyl groups is 2. The zero-order valence-electron chi connectivity index (χ0n) is 12.6. The maximum atomic E-state index is 9.07. The van der Waals surface area contributed by atoms with Crippen molar-refractivity contribution in [2.24, 2.45) is 0 Å². The van der Waals surface area contributed by atoms with Crippen LogP contribution in [0.5, 0.6) is 23.0 Å². The Kier molecular flexibility index (Phi) is 9.03. The van der Waals surface area contributed by atoms with Gasteiger partial charge in [0.15, 0.2) is 0 Å². The summed E-state index contributed by atoms with van der Waals surface area (Å²) in [6, 6.07) is 12.9. The molecule has 0 radical (unpaired) electrons. The van der Waals surface area contributed by atoms with Crippen molar-refractivity contribution in [3.8, 4) is 23.0 Å². The normalized spacial score (nSPS) is 8.61. The summed E-state index contributed by atoms with van der Waals surface area (Å²) in [6.07, 6.45) is 0. The molecule has 23 heavy (non-hydrogen) atoms. The van der Waals surface area contributed by atoms with E-state index >= 15 is 0 Å². The molecule has 7 heteroatoms. The summed E-state index contributed by atoms with van der Waals surface area (Å²) >= 11 is 0. The van der Waals surface area contributed by atoms with Crippen LogP contribution in [0.2, 0.25) is 0 Å². The molecule has 0 saturated carbocycles. The van der Waals surface area contributed by atoms with Crippen LogP contribution in [0.1, 0.15) is 13.8 Å². The number of carboxylic acids is 2. The van der Waals surface area contributed by atoms with Crippen molar-refractivity contribution in [2.45, 2.75) is 13.8 Å². The van der Waals surface area contributed by atoms with Gasteiger partial charge in [-0.2, -0.15) is 0 Å². The van der Waals surface area contributed by atoms with Gasteiger partial charge in [0, 0.05) is 13.8 Å². The number of phenols is 2. The topological polar surface area (TPSA) is 124 Å². The van der Waals surface area contributed by atoms with Crippen molar-refractivity contribution >= 4 is 11.9 Å². The fourth-order valence-electron chi connectivity index (χ4n) is 1.16. The molecule has 7 nitrogen and oxygen atoms in total. The first kappa shape index (κ1) is 19.8. The van der Waals surface area contributed by atoms with E-state index in [9.17, 15) is 0 Å². The average Bonchev–Trinajstić information content (AvgIpc) is 2.43. The van der Waals surface area contributed by atoms with Crippen molar-refractivity contribution in [1.29, 1.82) is 0 Å². The number of aliphatic carboxylic acids is 2. The van der Waals surface area contributed by atoms with E-state index in [1.807, 2.05) is 0 Å². The SMILES string of the molecule is CC(=O)O.CC(=O)O.Oc1ccc(Oc2ccc(O)cc2)cc1. The van der Waals surface area contributed by atoms with Gasteiger partial charge in [-0.1, -0.05) is 0 Å². The molecule has 0 aliphatic carbocycles. The minimum absolute atomic E-state index is 0.202. The van der Waals surface area contributed by atoms with Gasteiger partial charge < -0.3 is 25.2 Å². The maximum absolute atomic E-state index is 9.07. The molecule has 0 aliphatic heterocycles. The summed E-state index contributed by atoms with van der Waals surface area (Å²) in [5.41, 5.74) is 0. The lowest BCUT2D eigenvalue weighted by molar-refractivity contribution is -0.135. The third-order valence-corrected chi connectivity index (χ3v) is 1.91. The molecular formula is C16H18O7. The van der Waals surface area contributed by atoms with Crippen LogP contribution < -0.4 is 4.74 Å². The molecule has 124 valence electrons. The molecule has 2 aromatic carbocycles. The van der Waals surface area contributed by atoms with Crippen LogP contribution in [0, 0.1) is 0 Å². The van der Waals surface area contributed by atoms with Gasteiger partial charge in [-0.15, -0.1) is 0 Å². The Morgan fingerprint density at radius 1 is 0.696 bits per heavy atom. The Morgan fingerprint density at radius 2 is 0.913 bits per heavy atom. The van der Waals surface area contributed by atoms with E-state index in [-0.39, 0.29) is 11.5 Å².